The van der Waals surface area contributed by atoms with E-state index in [1.807, 2.05) is 62.4 Å². The molecule has 0 aliphatic heterocycles. The number of rotatable bonds is 5. The van der Waals surface area contributed by atoms with E-state index in [0.717, 1.165) is 17.1 Å². The summed E-state index contributed by atoms with van der Waals surface area (Å²) >= 11 is 0. The van der Waals surface area contributed by atoms with Crippen LogP contribution in [0, 0.1) is 6.92 Å². The minimum atomic E-state index is -0.322. The Labute approximate surface area is 134 Å². The Morgan fingerprint density at radius 3 is 2.26 bits per heavy atom. The predicted molar refractivity (Wildman–Crippen MR) is 86.5 cm³/mol. The molecule has 5 heteroatoms. The SMILES string of the molecule is COc1ccc(-c2noc([C@@H](C)Oc3ccc(C)cc3)n2)cc1. The Kier molecular flexibility index (Phi) is 4.28. The Morgan fingerprint density at radius 1 is 0.957 bits per heavy atom. The summed E-state index contributed by atoms with van der Waals surface area (Å²) in [5.41, 5.74) is 2.05. The standard InChI is InChI=1S/C18H18N2O3/c1-12-4-8-16(9-5-12)22-13(2)18-19-17(20-23-18)14-6-10-15(21-3)11-7-14/h4-11,13H,1-3H3/t13-/m1/s1. The van der Waals surface area contributed by atoms with Gasteiger partial charge in [0.1, 0.15) is 11.5 Å². The topological polar surface area (TPSA) is 57.4 Å². The molecule has 3 aromatic rings. The summed E-state index contributed by atoms with van der Waals surface area (Å²) in [4.78, 5) is 4.41. The maximum atomic E-state index is 5.82. The number of methoxy groups -OCH3 is 1. The lowest BCUT2D eigenvalue weighted by Crippen LogP contribution is -2.03. The van der Waals surface area contributed by atoms with Gasteiger partial charge in [-0.25, -0.2) is 0 Å². The third-order valence-electron chi connectivity index (χ3n) is 3.47. The molecule has 0 saturated carbocycles. The number of aromatic nitrogens is 2. The molecule has 0 saturated heterocycles. The minimum Gasteiger partial charge on any atom is -0.497 e. The number of benzene rings is 2. The van der Waals surface area contributed by atoms with Gasteiger partial charge in [-0.2, -0.15) is 4.98 Å². The summed E-state index contributed by atoms with van der Waals surface area (Å²) in [6, 6.07) is 15.3. The fraction of sp³-hybridized carbons (Fsp3) is 0.222. The van der Waals surface area contributed by atoms with Gasteiger partial charge in [0, 0.05) is 5.56 Å². The van der Waals surface area contributed by atoms with Crippen LogP contribution in [-0.4, -0.2) is 17.3 Å². The van der Waals surface area contributed by atoms with Gasteiger partial charge in [0.15, 0.2) is 6.10 Å². The highest BCUT2D eigenvalue weighted by atomic mass is 16.5. The van der Waals surface area contributed by atoms with Crippen LogP contribution in [0.2, 0.25) is 0 Å². The van der Waals surface area contributed by atoms with Crippen LogP contribution in [0.15, 0.2) is 53.1 Å². The molecule has 0 N–H and O–H groups in total. The molecule has 118 valence electrons. The van der Waals surface area contributed by atoms with E-state index in [4.69, 9.17) is 14.0 Å². The number of aryl methyl sites for hydroxylation is 1. The van der Waals surface area contributed by atoms with Crippen molar-refractivity contribution in [3.05, 3.63) is 60.0 Å². The lowest BCUT2D eigenvalue weighted by Gasteiger charge is -2.10. The maximum absolute atomic E-state index is 5.82. The fourth-order valence-corrected chi connectivity index (χ4v) is 2.13. The van der Waals surface area contributed by atoms with E-state index >= 15 is 0 Å². The quantitative estimate of drug-likeness (QED) is 0.707. The van der Waals surface area contributed by atoms with Crippen LogP contribution >= 0.6 is 0 Å². The van der Waals surface area contributed by atoms with Crippen molar-refractivity contribution in [1.82, 2.24) is 10.1 Å². The molecule has 0 unspecified atom stereocenters. The van der Waals surface area contributed by atoms with Crippen LogP contribution in [0.1, 0.15) is 24.5 Å². The summed E-state index contributed by atoms with van der Waals surface area (Å²) in [6.45, 7) is 3.91. The lowest BCUT2D eigenvalue weighted by atomic mass is 10.2. The first-order valence-electron chi connectivity index (χ1n) is 7.37. The zero-order valence-corrected chi connectivity index (χ0v) is 13.3. The van der Waals surface area contributed by atoms with E-state index in [1.165, 1.54) is 5.56 Å². The van der Waals surface area contributed by atoms with E-state index in [0.29, 0.717) is 11.7 Å². The largest absolute Gasteiger partial charge is 0.497 e. The van der Waals surface area contributed by atoms with Gasteiger partial charge >= 0.3 is 0 Å². The highest BCUT2D eigenvalue weighted by Gasteiger charge is 2.16. The van der Waals surface area contributed by atoms with Crippen molar-refractivity contribution in [3.8, 4) is 22.9 Å². The molecule has 3 rings (SSSR count). The second kappa shape index (κ2) is 6.52. The monoisotopic (exact) mass is 310 g/mol. The molecule has 0 radical (unpaired) electrons. The number of hydrogen-bond acceptors (Lipinski definition) is 5. The van der Waals surface area contributed by atoms with E-state index in [1.54, 1.807) is 7.11 Å². The van der Waals surface area contributed by atoms with Crippen LogP contribution in [-0.2, 0) is 0 Å². The summed E-state index contributed by atoms with van der Waals surface area (Å²) in [5, 5.41) is 4.01. The van der Waals surface area contributed by atoms with Gasteiger partial charge in [0.25, 0.3) is 5.89 Å². The van der Waals surface area contributed by atoms with Crippen molar-refractivity contribution < 1.29 is 14.0 Å². The normalized spacial score (nSPS) is 12.0. The molecule has 0 bridgehead atoms. The predicted octanol–water partition coefficient (Wildman–Crippen LogP) is 4.19. The molecular formula is C18H18N2O3. The van der Waals surface area contributed by atoms with Crippen molar-refractivity contribution in [1.29, 1.82) is 0 Å². The first-order chi connectivity index (χ1) is 11.2. The molecule has 1 atom stereocenters. The van der Waals surface area contributed by atoms with E-state index < -0.39 is 0 Å². The van der Waals surface area contributed by atoms with Crippen molar-refractivity contribution in [3.63, 3.8) is 0 Å². The van der Waals surface area contributed by atoms with Crippen molar-refractivity contribution in [2.45, 2.75) is 20.0 Å². The summed E-state index contributed by atoms with van der Waals surface area (Å²) in [5.74, 6) is 2.53. The van der Waals surface area contributed by atoms with E-state index in [9.17, 15) is 0 Å². The van der Waals surface area contributed by atoms with Gasteiger partial charge in [0.2, 0.25) is 5.82 Å². The Balaban J connectivity index is 1.73. The molecule has 1 aromatic heterocycles. The maximum Gasteiger partial charge on any atom is 0.267 e. The first-order valence-corrected chi connectivity index (χ1v) is 7.37. The average Bonchev–Trinajstić information content (AvgIpc) is 3.07. The van der Waals surface area contributed by atoms with Gasteiger partial charge in [0.05, 0.1) is 7.11 Å². The van der Waals surface area contributed by atoms with Crippen LogP contribution in [0.4, 0.5) is 0 Å². The second-order valence-electron chi connectivity index (χ2n) is 5.26. The Hall–Kier alpha value is -2.82. The molecule has 0 spiro atoms. The molecule has 0 fully saturated rings. The van der Waals surface area contributed by atoms with E-state index in [2.05, 4.69) is 10.1 Å². The summed E-state index contributed by atoms with van der Waals surface area (Å²) in [6.07, 6.45) is -0.322. The molecule has 0 amide bonds. The van der Waals surface area contributed by atoms with Gasteiger partial charge in [-0.1, -0.05) is 22.9 Å². The average molecular weight is 310 g/mol. The molecule has 0 aliphatic rings. The third kappa shape index (κ3) is 3.51. The molecular weight excluding hydrogens is 292 g/mol. The second-order valence-corrected chi connectivity index (χ2v) is 5.26. The van der Waals surface area contributed by atoms with Crippen LogP contribution in [0.3, 0.4) is 0 Å². The van der Waals surface area contributed by atoms with Gasteiger partial charge < -0.3 is 14.0 Å². The summed E-state index contributed by atoms with van der Waals surface area (Å²) < 4.78 is 16.3. The molecule has 2 aromatic carbocycles. The van der Waals surface area contributed by atoms with Crippen molar-refractivity contribution in [2.75, 3.05) is 7.11 Å². The van der Waals surface area contributed by atoms with Crippen LogP contribution in [0.25, 0.3) is 11.4 Å². The smallest absolute Gasteiger partial charge is 0.267 e. The van der Waals surface area contributed by atoms with Crippen LogP contribution in [0.5, 0.6) is 11.5 Å². The van der Waals surface area contributed by atoms with Gasteiger partial charge in [-0.3, -0.25) is 0 Å². The molecule has 23 heavy (non-hydrogen) atoms. The zero-order chi connectivity index (χ0) is 16.2. The Morgan fingerprint density at radius 2 is 1.61 bits per heavy atom. The number of hydrogen-bond donors (Lipinski definition) is 0. The Bertz CT molecular complexity index is 764. The lowest BCUT2D eigenvalue weighted by molar-refractivity contribution is 0.176. The summed E-state index contributed by atoms with van der Waals surface area (Å²) in [7, 11) is 1.63. The van der Waals surface area contributed by atoms with Crippen molar-refractivity contribution >= 4 is 0 Å². The number of ether oxygens (including phenoxy) is 2. The number of nitrogens with zero attached hydrogens (tertiary/aromatic N) is 2. The molecule has 0 aliphatic carbocycles. The third-order valence-corrected chi connectivity index (χ3v) is 3.47. The van der Waals surface area contributed by atoms with E-state index in [-0.39, 0.29) is 6.10 Å². The van der Waals surface area contributed by atoms with Gasteiger partial charge in [-0.05, 0) is 50.2 Å². The van der Waals surface area contributed by atoms with Crippen molar-refractivity contribution in [2.24, 2.45) is 0 Å². The highest BCUT2D eigenvalue weighted by Crippen LogP contribution is 2.24. The fourth-order valence-electron chi connectivity index (χ4n) is 2.13. The zero-order valence-electron chi connectivity index (χ0n) is 13.3. The van der Waals surface area contributed by atoms with Gasteiger partial charge in [-0.15, -0.1) is 0 Å². The van der Waals surface area contributed by atoms with Crippen LogP contribution < -0.4 is 9.47 Å². The molecule has 1 heterocycles. The first kappa shape index (κ1) is 15.1. The highest BCUT2D eigenvalue weighted by molar-refractivity contribution is 5.55. The minimum absolute atomic E-state index is 0.322. The molecule has 5 nitrogen and oxygen atoms in total.